The zero-order valence-electron chi connectivity index (χ0n) is 17.4. The van der Waals surface area contributed by atoms with Crippen LogP contribution in [-0.4, -0.2) is 71.8 Å². The van der Waals surface area contributed by atoms with Crippen molar-refractivity contribution in [2.24, 2.45) is 0 Å². The van der Waals surface area contributed by atoms with Crippen LogP contribution < -0.4 is 5.32 Å². The van der Waals surface area contributed by atoms with Crippen LogP contribution in [0.15, 0.2) is 45.5 Å². The molecule has 0 bridgehead atoms. The van der Waals surface area contributed by atoms with Crippen LogP contribution in [-0.2, 0) is 24.8 Å². The Kier molecular flexibility index (Phi) is 7.18. The summed E-state index contributed by atoms with van der Waals surface area (Å²) in [5.41, 5.74) is 0.695. The number of ether oxygens (including phenoxy) is 1. The number of carbonyl (C=O) groups excluding carboxylic acids is 1. The van der Waals surface area contributed by atoms with E-state index in [-0.39, 0.29) is 27.8 Å². The Labute approximate surface area is 186 Å². The van der Waals surface area contributed by atoms with E-state index in [1.54, 1.807) is 24.4 Å². The molecule has 2 aromatic rings. The van der Waals surface area contributed by atoms with Crippen molar-refractivity contribution in [1.82, 2.24) is 13.9 Å². The second-order valence-corrected chi connectivity index (χ2v) is 12.2. The molecule has 0 spiro atoms. The van der Waals surface area contributed by atoms with Crippen molar-refractivity contribution in [3.8, 4) is 0 Å². The van der Waals surface area contributed by atoms with Gasteiger partial charge in [-0.25, -0.2) is 21.1 Å². The highest BCUT2D eigenvalue weighted by Crippen LogP contribution is 2.27. The van der Waals surface area contributed by atoms with Crippen molar-refractivity contribution in [2.75, 3.05) is 40.4 Å². The normalized spacial score (nSPS) is 16.9. The summed E-state index contributed by atoms with van der Waals surface area (Å²) in [7, 11) is -4.43. The lowest BCUT2D eigenvalue weighted by atomic mass is 10.1. The van der Waals surface area contributed by atoms with Crippen molar-refractivity contribution in [2.45, 2.75) is 22.8 Å². The smallest absolute Gasteiger partial charge is 0.263 e. The van der Waals surface area contributed by atoms with Crippen molar-refractivity contribution in [1.29, 1.82) is 0 Å². The number of carbonyl (C=O) groups is 1. The molecule has 0 radical (unpaired) electrons. The topological polar surface area (TPSA) is 113 Å². The largest absolute Gasteiger partial charge is 0.379 e. The molecule has 1 unspecified atom stereocenters. The zero-order valence-corrected chi connectivity index (χ0v) is 19.9. The number of sulfonamides is 2. The molecule has 1 saturated heterocycles. The average molecular weight is 488 g/mol. The SMILES string of the molecule is CC(NC(=O)c1sccc1S(=O)(=O)N1CCOCC1)c1ccc(S(=O)(=O)N(C)C)cc1. The molecule has 0 saturated carbocycles. The third-order valence-electron chi connectivity index (χ3n) is 4.93. The number of morpholine rings is 1. The first-order chi connectivity index (χ1) is 14.5. The van der Waals surface area contributed by atoms with Gasteiger partial charge in [-0.05, 0) is 36.1 Å². The molecule has 1 aromatic heterocycles. The van der Waals surface area contributed by atoms with Gasteiger partial charge in [0.15, 0.2) is 0 Å². The number of benzene rings is 1. The minimum absolute atomic E-state index is 0.0171. The van der Waals surface area contributed by atoms with Crippen LogP contribution in [0.5, 0.6) is 0 Å². The van der Waals surface area contributed by atoms with Gasteiger partial charge in [0.25, 0.3) is 5.91 Å². The molecule has 1 fully saturated rings. The Morgan fingerprint density at radius 2 is 1.71 bits per heavy atom. The summed E-state index contributed by atoms with van der Waals surface area (Å²) >= 11 is 1.06. The number of hydrogen-bond acceptors (Lipinski definition) is 7. The van der Waals surface area contributed by atoms with Gasteiger partial charge in [-0.2, -0.15) is 4.31 Å². The van der Waals surface area contributed by atoms with Crippen molar-refractivity contribution >= 4 is 37.3 Å². The third-order valence-corrected chi connectivity index (χ3v) is 9.74. The lowest BCUT2D eigenvalue weighted by molar-refractivity contribution is 0.0730. The standard InChI is InChI=1S/C19H25N3O6S3/c1-14(15-4-6-16(7-5-15)30(24,25)21(2)3)20-19(23)18-17(8-13-29-18)31(26,27)22-9-11-28-12-10-22/h4-8,13-14H,9-12H2,1-3H3,(H,20,23). The first kappa shape index (κ1) is 23.8. The molecule has 1 atom stereocenters. The van der Waals surface area contributed by atoms with E-state index in [0.717, 1.165) is 15.6 Å². The van der Waals surface area contributed by atoms with Gasteiger partial charge in [-0.3, -0.25) is 4.79 Å². The number of amides is 1. The van der Waals surface area contributed by atoms with Gasteiger partial charge in [0.2, 0.25) is 20.0 Å². The first-order valence-electron chi connectivity index (χ1n) is 9.54. The molecule has 1 aliphatic heterocycles. The van der Waals surface area contributed by atoms with E-state index < -0.39 is 32.0 Å². The molecule has 9 nitrogen and oxygen atoms in total. The van der Waals surface area contributed by atoms with Gasteiger partial charge in [0.1, 0.15) is 9.77 Å². The Morgan fingerprint density at radius 3 is 2.29 bits per heavy atom. The van der Waals surface area contributed by atoms with E-state index in [0.29, 0.717) is 18.8 Å². The fraction of sp³-hybridized carbons (Fsp3) is 0.421. The van der Waals surface area contributed by atoms with E-state index in [2.05, 4.69) is 5.32 Å². The monoisotopic (exact) mass is 487 g/mol. The minimum Gasteiger partial charge on any atom is -0.379 e. The molecular formula is C19H25N3O6S3. The molecule has 1 aromatic carbocycles. The maximum absolute atomic E-state index is 13.0. The van der Waals surface area contributed by atoms with Gasteiger partial charge in [-0.1, -0.05) is 12.1 Å². The fourth-order valence-corrected chi connectivity index (χ4v) is 6.69. The highest BCUT2D eigenvalue weighted by molar-refractivity contribution is 7.89. The fourth-order valence-electron chi connectivity index (χ4n) is 3.08. The second-order valence-electron chi connectivity index (χ2n) is 7.18. The van der Waals surface area contributed by atoms with Crippen molar-refractivity contribution in [3.05, 3.63) is 46.2 Å². The van der Waals surface area contributed by atoms with Crippen LogP contribution in [0.25, 0.3) is 0 Å². The zero-order chi connectivity index (χ0) is 22.8. The minimum atomic E-state index is -3.79. The summed E-state index contributed by atoms with van der Waals surface area (Å²) < 4.78 is 58.0. The predicted octanol–water partition coefficient (Wildman–Crippen LogP) is 1.51. The molecule has 31 heavy (non-hydrogen) atoms. The number of rotatable bonds is 7. The van der Waals surface area contributed by atoms with Crippen LogP contribution in [0.4, 0.5) is 0 Å². The summed E-state index contributed by atoms with van der Waals surface area (Å²) in [6, 6.07) is 7.20. The van der Waals surface area contributed by atoms with Crippen LogP contribution in [0.3, 0.4) is 0 Å². The Bertz CT molecular complexity index is 1130. The predicted molar refractivity (Wildman–Crippen MR) is 117 cm³/mol. The van der Waals surface area contributed by atoms with Gasteiger partial charge >= 0.3 is 0 Å². The molecule has 0 aliphatic carbocycles. The van der Waals surface area contributed by atoms with Crippen LogP contribution >= 0.6 is 11.3 Å². The average Bonchev–Trinajstić information content (AvgIpc) is 3.25. The van der Waals surface area contributed by atoms with Crippen LogP contribution in [0.1, 0.15) is 28.2 Å². The van der Waals surface area contributed by atoms with Gasteiger partial charge in [0, 0.05) is 27.2 Å². The summed E-state index contributed by atoms with van der Waals surface area (Å²) in [6.07, 6.45) is 0. The Hall–Kier alpha value is -1.83. The van der Waals surface area contributed by atoms with Crippen LogP contribution in [0, 0.1) is 0 Å². The molecular weight excluding hydrogens is 462 g/mol. The maximum atomic E-state index is 13.0. The summed E-state index contributed by atoms with van der Waals surface area (Å²) in [6.45, 7) is 2.88. The number of hydrogen-bond donors (Lipinski definition) is 1. The first-order valence-corrected chi connectivity index (χ1v) is 13.3. The number of thiophene rings is 1. The van der Waals surface area contributed by atoms with Gasteiger partial charge < -0.3 is 10.1 Å². The molecule has 2 heterocycles. The summed E-state index contributed by atoms with van der Waals surface area (Å²) in [4.78, 5) is 13.1. The van der Waals surface area contributed by atoms with Crippen molar-refractivity contribution < 1.29 is 26.4 Å². The molecule has 1 amide bonds. The molecule has 170 valence electrons. The Morgan fingerprint density at radius 1 is 1.10 bits per heavy atom. The number of nitrogens with zero attached hydrogens (tertiary/aromatic N) is 2. The molecule has 1 aliphatic rings. The summed E-state index contributed by atoms with van der Waals surface area (Å²) in [5, 5.41) is 4.38. The van der Waals surface area contributed by atoms with E-state index in [9.17, 15) is 21.6 Å². The van der Waals surface area contributed by atoms with E-state index in [1.807, 2.05) is 0 Å². The van der Waals surface area contributed by atoms with Gasteiger partial charge in [-0.15, -0.1) is 11.3 Å². The highest BCUT2D eigenvalue weighted by Gasteiger charge is 2.31. The van der Waals surface area contributed by atoms with E-state index in [1.165, 1.54) is 36.6 Å². The highest BCUT2D eigenvalue weighted by atomic mass is 32.2. The second kappa shape index (κ2) is 9.35. The van der Waals surface area contributed by atoms with E-state index >= 15 is 0 Å². The van der Waals surface area contributed by atoms with Crippen LogP contribution in [0.2, 0.25) is 0 Å². The Balaban J connectivity index is 1.76. The lowest BCUT2D eigenvalue weighted by Gasteiger charge is -2.26. The summed E-state index contributed by atoms with van der Waals surface area (Å²) in [5.74, 6) is -0.501. The molecule has 12 heteroatoms. The third kappa shape index (κ3) is 4.99. The number of nitrogens with one attached hydrogen (secondary N) is 1. The lowest BCUT2D eigenvalue weighted by Crippen LogP contribution is -2.41. The molecule has 1 N–H and O–H groups in total. The molecule has 3 rings (SSSR count). The van der Waals surface area contributed by atoms with E-state index in [4.69, 9.17) is 4.74 Å². The quantitative estimate of drug-likeness (QED) is 0.633. The van der Waals surface area contributed by atoms with Gasteiger partial charge in [0.05, 0.1) is 24.2 Å². The maximum Gasteiger partial charge on any atom is 0.263 e. The van der Waals surface area contributed by atoms with Crippen molar-refractivity contribution in [3.63, 3.8) is 0 Å².